The minimum atomic E-state index is -1.38. The van der Waals surface area contributed by atoms with Gasteiger partial charge in [-0.1, -0.05) is 11.6 Å². The lowest BCUT2D eigenvalue weighted by atomic mass is 9.94. The number of likely N-dealkylation sites (tertiary alicyclic amines) is 1. The van der Waals surface area contributed by atoms with Gasteiger partial charge in [-0.2, -0.15) is 0 Å². The molecule has 1 fully saturated rings. The van der Waals surface area contributed by atoms with Gasteiger partial charge in [0.2, 0.25) is 0 Å². The Morgan fingerprint density at radius 1 is 1.13 bits per heavy atom. The smallest absolute Gasteiger partial charge is 0.295 e. The molecule has 0 bridgehead atoms. The third-order valence-electron chi connectivity index (χ3n) is 4.95. The quantitative estimate of drug-likeness (QED) is 0.394. The number of amides is 1. The normalized spacial score (nSPS) is 17.6. The Balaban J connectivity index is 2.24. The van der Waals surface area contributed by atoms with E-state index < -0.39 is 35.9 Å². The molecule has 9 heteroatoms. The number of hydrogen-bond donors (Lipinski definition) is 1. The maximum Gasteiger partial charge on any atom is 0.295 e. The second-order valence-electron chi connectivity index (χ2n) is 6.73. The number of benzene rings is 2. The van der Waals surface area contributed by atoms with Crippen LogP contribution in [0.15, 0.2) is 48.0 Å². The van der Waals surface area contributed by atoms with Gasteiger partial charge in [-0.05, 0) is 42.5 Å². The number of carbonyl (C=O) groups excluding carboxylic acids is 3. The van der Waals surface area contributed by atoms with Crippen LogP contribution in [0.5, 0.6) is 11.5 Å². The van der Waals surface area contributed by atoms with Crippen molar-refractivity contribution >= 4 is 35.0 Å². The zero-order valence-electron chi connectivity index (χ0n) is 16.8. The number of aliphatic hydroxyl groups is 1. The van der Waals surface area contributed by atoms with Crippen molar-refractivity contribution in [3.63, 3.8) is 0 Å². The first-order chi connectivity index (χ1) is 14.8. The van der Waals surface area contributed by atoms with Crippen LogP contribution in [0.1, 0.15) is 23.6 Å². The summed E-state index contributed by atoms with van der Waals surface area (Å²) in [7, 11) is 2.87. The van der Waals surface area contributed by atoms with Crippen molar-refractivity contribution < 1.29 is 34.1 Å². The van der Waals surface area contributed by atoms with E-state index in [4.69, 9.17) is 21.1 Å². The number of hydrogen-bond acceptors (Lipinski definition) is 7. The number of nitrogens with zero attached hydrogens (tertiary/aromatic N) is 1. The van der Waals surface area contributed by atoms with E-state index in [9.17, 15) is 24.6 Å². The van der Waals surface area contributed by atoms with Gasteiger partial charge in [0.15, 0.2) is 0 Å². The number of carbonyl (C=O) groups is 3. The highest BCUT2D eigenvalue weighted by Crippen LogP contribution is 2.43. The Hall–Kier alpha value is -3.52. The molecule has 8 nitrogen and oxygen atoms in total. The summed E-state index contributed by atoms with van der Waals surface area (Å²) in [4.78, 5) is 37.8. The first-order valence-electron chi connectivity index (χ1n) is 9.24. The van der Waals surface area contributed by atoms with E-state index in [0.717, 1.165) is 4.90 Å². The third kappa shape index (κ3) is 4.34. The molecule has 0 saturated carbocycles. The van der Waals surface area contributed by atoms with Crippen LogP contribution in [0, 0.1) is 0 Å². The summed E-state index contributed by atoms with van der Waals surface area (Å²) in [6.07, 6.45) is -0.489. The van der Waals surface area contributed by atoms with E-state index in [-0.39, 0.29) is 17.7 Å². The number of aliphatic carboxylic acids is 1. The van der Waals surface area contributed by atoms with Crippen LogP contribution in [0.25, 0.3) is 5.76 Å². The largest absolute Gasteiger partial charge is 0.550 e. The van der Waals surface area contributed by atoms with E-state index >= 15 is 0 Å². The number of carboxylic acid groups (broad SMARTS) is 1. The van der Waals surface area contributed by atoms with Crippen LogP contribution in [0.4, 0.5) is 0 Å². The standard InChI is InChI=1S/C22H20ClNO7/c1-30-14-7-8-16(31-2)15(11-14)19-18(20(27)12-3-5-13(23)6-4-12)21(28)22(29)24(19)10-9-17(25)26/h3-8,11,19,27H,9-10H2,1-2H3,(H,25,26)/p-1/t19-/m0/s1. The van der Waals surface area contributed by atoms with Gasteiger partial charge in [0.05, 0.1) is 25.8 Å². The van der Waals surface area contributed by atoms with Crippen molar-refractivity contribution in [1.29, 1.82) is 0 Å². The third-order valence-corrected chi connectivity index (χ3v) is 5.20. The fourth-order valence-corrected chi connectivity index (χ4v) is 3.59. The van der Waals surface area contributed by atoms with Gasteiger partial charge in [0, 0.05) is 35.1 Å². The van der Waals surface area contributed by atoms with Crippen molar-refractivity contribution in [2.75, 3.05) is 20.8 Å². The van der Waals surface area contributed by atoms with Gasteiger partial charge < -0.3 is 29.4 Å². The van der Waals surface area contributed by atoms with E-state index in [1.54, 1.807) is 18.2 Å². The maximum atomic E-state index is 12.9. The first kappa shape index (κ1) is 22.2. The van der Waals surface area contributed by atoms with Gasteiger partial charge in [-0.3, -0.25) is 9.59 Å². The fraction of sp³-hybridized carbons (Fsp3) is 0.227. The number of halogens is 1. The highest BCUT2D eigenvalue weighted by Gasteiger charge is 2.47. The number of rotatable bonds is 7. The second kappa shape index (κ2) is 9.09. The molecule has 1 aliphatic heterocycles. The SMILES string of the molecule is COc1ccc(OC)c([C@H]2C(=C(O)c3ccc(Cl)cc3)C(=O)C(=O)N2CCC(=O)[O-])c1. The molecule has 1 amide bonds. The Labute approximate surface area is 183 Å². The van der Waals surface area contributed by atoms with Gasteiger partial charge in [-0.25, -0.2) is 0 Å². The molecular formula is C22H19ClNO7-. The van der Waals surface area contributed by atoms with Crippen molar-refractivity contribution in [3.8, 4) is 11.5 Å². The minimum Gasteiger partial charge on any atom is -0.550 e. The summed E-state index contributed by atoms with van der Waals surface area (Å²) in [5.74, 6) is -2.93. The van der Waals surface area contributed by atoms with Crippen LogP contribution in [-0.2, 0) is 14.4 Å². The monoisotopic (exact) mass is 444 g/mol. The summed E-state index contributed by atoms with van der Waals surface area (Å²) in [5.41, 5.74) is 0.432. The molecule has 1 saturated heterocycles. The molecule has 1 N–H and O–H groups in total. The zero-order chi connectivity index (χ0) is 22.7. The topological polar surface area (TPSA) is 116 Å². The van der Waals surface area contributed by atoms with Gasteiger partial charge in [0.1, 0.15) is 17.3 Å². The second-order valence-corrected chi connectivity index (χ2v) is 7.17. The van der Waals surface area contributed by atoms with Gasteiger partial charge in [-0.15, -0.1) is 0 Å². The maximum absolute atomic E-state index is 12.9. The van der Waals surface area contributed by atoms with Crippen molar-refractivity contribution in [3.05, 3.63) is 64.2 Å². The molecule has 1 heterocycles. The molecule has 162 valence electrons. The molecule has 1 aliphatic rings. The molecule has 0 unspecified atom stereocenters. The predicted octanol–water partition coefficient (Wildman–Crippen LogP) is 1.92. The Kier molecular flexibility index (Phi) is 6.50. The zero-order valence-corrected chi connectivity index (χ0v) is 17.5. The lowest BCUT2D eigenvalue weighted by molar-refractivity contribution is -0.305. The van der Waals surface area contributed by atoms with Crippen LogP contribution in [0.2, 0.25) is 5.02 Å². The summed E-state index contributed by atoms with van der Waals surface area (Å²) in [6, 6.07) is 9.77. The summed E-state index contributed by atoms with van der Waals surface area (Å²) < 4.78 is 10.6. The van der Waals surface area contributed by atoms with Crippen molar-refractivity contribution in [2.45, 2.75) is 12.5 Å². The Bertz CT molecular complexity index is 1060. The fourth-order valence-electron chi connectivity index (χ4n) is 3.46. The minimum absolute atomic E-state index is 0.197. The first-order valence-corrected chi connectivity index (χ1v) is 9.62. The molecule has 2 aromatic rings. The number of aliphatic hydroxyl groups excluding tert-OH is 1. The number of ether oxygens (including phenoxy) is 2. The number of ketones is 1. The lowest BCUT2D eigenvalue weighted by Crippen LogP contribution is -2.34. The molecular weight excluding hydrogens is 426 g/mol. The Morgan fingerprint density at radius 2 is 1.81 bits per heavy atom. The van der Waals surface area contributed by atoms with Crippen molar-refractivity contribution in [1.82, 2.24) is 4.90 Å². The van der Waals surface area contributed by atoms with Crippen molar-refractivity contribution in [2.24, 2.45) is 0 Å². The number of methoxy groups -OCH3 is 2. The average Bonchev–Trinajstić information content (AvgIpc) is 3.01. The average molecular weight is 445 g/mol. The molecule has 31 heavy (non-hydrogen) atoms. The van der Waals surface area contributed by atoms with Gasteiger partial charge in [0.25, 0.3) is 11.7 Å². The van der Waals surface area contributed by atoms with Crippen LogP contribution in [-0.4, -0.2) is 48.4 Å². The molecule has 0 aromatic heterocycles. The van der Waals surface area contributed by atoms with Crippen LogP contribution < -0.4 is 14.6 Å². The Morgan fingerprint density at radius 3 is 2.39 bits per heavy atom. The molecule has 0 aliphatic carbocycles. The van der Waals surface area contributed by atoms with Gasteiger partial charge >= 0.3 is 0 Å². The number of carboxylic acids is 1. The summed E-state index contributed by atoms with van der Waals surface area (Å²) in [5, 5.41) is 22.4. The van der Waals surface area contributed by atoms with E-state index in [0.29, 0.717) is 22.1 Å². The molecule has 3 rings (SSSR count). The molecule has 0 spiro atoms. The van der Waals surface area contributed by atoms with E-state index in [1.807, 2.05) is 0 Å². The predicted molar refractivity (Wildman–Crippen MR) is 110 cm³/mol. The summed E-state index contributed by atoms with van der Waals surface area (Å²) >= 11 is 5.90. The van der Waals surface area contributed by atoms with E-state index in [1.165, 1.54) is 38.5 Å². The molecule has 1 atom stereocenters. The summed E-state index contributed by atoms with van der Waals surface area (Å²) in [6.45, 7) is -0.296. The van der Waals surface area contributed by atoms with Crippen LogP contribution >= 0.6 is 11.6 Å². The van der Waals surface area contributed by atoms with Crippen LogP contribution in [0.3, 0.4) is 0 Å². The highest BCUT2D eigenvalue weighted by atomic mass is 35.5. The molecule has 2 aromatic carbocycles. The lowest BCUT2D eigenvalue weighted by Gasteiger charge is -2.27. The molecule has 0 radical (unpaired) electrons. The number of Topliss-reactive ketones (excluding diaryl/α,β-unsaturated/α-hetero) is 1. The highest BCUT2D eigenvalue weighted by molar-refractivity contribution is 6.46. The van der Waals surface area contributed by atoms with E-state index in [2.05, 4.69) is 0 Å².